The molecule has 0 spiro atoms. The SMILES string of the molecule is COC1CCN(S(=O)(=O)NC(=O)c2coc(Nc3cc(C(F)(F)F)ccc3C)n2)C1. The molecule has 1 aromatic carbocycles. The lowest BCUT2D eigenvalue weighted by Gasteiger charge is -2.16. The number of carbonyl (C=O) groups is 1. The topological polar surface area (TPSA) is 114 Å². The maximum absolute atomic E-state index is 12.9. The summed E-state index contributed by atoms with van der Waals surface area (Å²) in [6, 6.07) is 2.83. The number of ether oxygens (including phenoxy) is 1. The molecule has 1 aliphatic rings. The van der Waals surface area contributed by atoms with Crippen LogP contribution >= 0.6 is 0 Å². The van der Waals surface area contributed by atoms with E-state index in [9.17, 15) is 26.4 Å². The first-order valence-electron chi connectivity index (χ1n) is 8.75. The zero-order chi connectivity index (χ0) is 22.1. The van der Waals surface area contributed by atoms with E-state index < -0.39 is 27.9 Å². The van der Waals surface area contributed by atoms with Crippen LogP contribution in [-0.4, -0.2) is 49.9 Å². The highest BCUT2D eigenvalue weighted by Crippen LogP contribution is 2.33. The van der Waals surface area contributed by atoms with Crippen LogP contribution in [0.4, 0.5) is 24.9 Å². The van der Waals surface area contributed by atoms with Crippen molar-refractivity contribution in [3.63, 3.8) is 0 Å². The molecule has 2 aromatic rings. The highest BCUT2D eigenvalue weighted by molar-refractivity contribution is 7.87. The Kier molecular flexibility index (Phi) is 6.06. The number of hydrogen-bond donors (Lipinski definition) is 2. The van der Waals surface area contributed by atoms with Crippen LogP contribution in [0.5, 0.6) is 0 Å². The number of methoxy groups -OCH3 is 1. The maximum Gasteiger partial charge on any atom is 0.416 e. The van der Waals surface area contributed by atoms with Gasteiger partial charge in [0.25, 0.3) is 11.9 Å². The van der Waals surface area contributed by atoms with Crippen LogP contribution in [0.3, 0.4) is 0 Å². The van der Waals surface area contributed by atoms with Gasteiger partial charge in [0.2, 0.25) is 0 Å². The van der Waals surface area contributed by atoms with Crippen molar-refractivity contribution in [3.05, 3.63) is 41.3 Å². The van der Waals surface area contributed by atoms with Crippen LogP contribution in [0.2, 0.25) is 0 Å². The van der Waals surface area contributed by atoms with Gasteiger partial charge in [-0.3, -0.25) is 4.79 Å². The summed E-state index contributed by atoms with van der Waals surface area (Å²) in [5, 5.41) is 2.56. The van der Waals surface area contributed by atoms with Gasteiger partial charge in [0.1, 0.15) is 6.26 Å². The van der Waals surface area contributed by atoms with Crippen molar-refractivity contribution in [1.82, 2.24) is 14.0 Å². The molecule has 2 N–H and O–H groups in total. The van der Waals surface area contributed by atoms with Crippen molar-refractivity contribution in [3.8, 4) is 0 Å². The van der Waals surface area contributed by atoms with Gasteiger partial charge in [-0.25, -0.2) is 4.72 Å². The van der Waals surface area contributed by atoms with Crippen molar-refractivity contribution in [2.45, 2.75) is 25.6 Å². The lowest BCUT2D eigenvalue weighted by molar-refractivity contribution is -0.137. The minimum atomic E-state index is -4.53. The average molecular weight is 448 g/mol. The van der Waals surface area contributed by atoms with E-state index in [1.165, 1.54) is 13.2 Å². The second-order valence-electron chi connectivity index (χ2n) is 6.63. The molecule has 1 amide bonds. The molecule has 0 radical (unpaired) electrons. The summed E-state index contributed by atoms with van der Waals surface area (Å²) in [5.74, 6) is -1.03. The monoisotopic (exact) mass is 448 g/mol. The van der Waals surface area contributed by atoms with E-state index >= 15 is 0 Å². The normalized spacial score (nSPS) is 17.8. The number of oxazole rings is 1. The number of carbonyl (C=O) groups excluding carboxylic acids is 1. The molecule has 1 unspecified atom stereocenters. The molecule has 2 heterocycles. The number of amides is 1. The number of aromatic nitrogens is 1. The number of hydrogen-bond acceptors (Lipinski definition) is 7. The van der Waals surface area contributed by atoms with Gasteiger partial charge in [-0.05, 0) is 31.0 Å². The molecule has 0 aliphatic carbocycles. The molecule has 1 aliphatic heterocycles. The van der Waals surface area contributed by atoms with Crippen molar-refractivity contribution in [1.29, 1.82) is 0 Å². The fraction of sp³-hybridized carbons (Fsp3) is 0.412. The molecule has 1 fully saturated rings. The lowest BCUT2D eigenvalue weighted by atomic mass is 10.1. The van der Waals surface area contributed by atoms with Gasteiger partial charge >= 0.3 is 16.4 Å². The van der Waals surface area contributed by atoms with Crippen molar-refractivity contribution < 1.29 is 35.5 Å². The summed E-state index contributed by atoms with van der Waals surface area (Å²) in [7, 11) is -2.63. The van der Waals surface area contributed by atoms with Crippen molar-refractivity contribution in [2.75, 3.05) is 25.5 Å². The third kappa shape index (κ3) is 4.91. The van der Waals surface area contributed by atoms with Crippen molar-refractivity contribution >= 4 is 27.8 Å². The molecular weight excluding hydrogens is 429 g/mol. The smallest absolute Gasteiger partial charge is 0.416 e. The largest absolute Gasteiger partial charge is 0.431 e. The fourth-order valence-electron chi connectivity index (χ4n) is 2.83. The molecular formula is C17H19F3N4O5S. The van der Waals surface area contributed by atoms with Crippen LogP contribution in [0, 0.1) is 6.92 Å². The van der Waals surface area contributed by atoms with E-state index in [0.29, 0.717) is 12.0 Å². The first kappa shape index (κ1) is 22.1. The van der Waals surface area contributed by atoms with E-state index in [1.54, 1.807) is 6.92 Å². The number of rotatable bonds is 6. The van der Waals surface area contributed by atoms with Crippen LogP contribution in [0.15, 0.2) is 28.9 Å². The average Bonchev–Trinajstić information content (AvgIpc) is 3.32. The Hall–Kier alpha value is -2.64. The van der Waals surface area contributed by atoms with Crippen LogP contribution < -0.4 is 10.0 Å². The Morgan fingerprint density at radius 1 is 1.37 bits per heavy atom. The van der Waals surface area contributed by atoms with Crippen LogP contribution in [0.1, 0.15) is 28.0 Å². The van der Waals surface area contributed by atoms with E-state index in [4.69, 9.17) is 9.15 Å². The number of benzene rings is 1. The summed E-state index contributed by atoms with van der Waals surface area (Å²) >= 11 is 0. The predicted octanol–water partition coefficient (Wildman–Crippen LogP) is 2.44. The van der Waals surface area contributed by atoms with E-state index in [2.05, 4.69) is 10.3 Å². The number of halogens is 3. The Bertz CT molecular complexity index is 1040. The van der Waals surface area contributed by atoms with Gasteiger partial charge < -0.3 is 14.5 Å². The quantitative estimate of drug-likeness (QED) is 0.698. The van der Waals surface area contributed by atoms with Gasteiger partial charge in [-0.15, -0.1) is 0 Å². The summed E-state index contributed by atoms with van der Waals surface area (Å²) in [5.41, 5.74) is -0.662. The number of anilines is 2. The van der Waals surface area contributed by atoms with Crippen LogP contribution in [-0.2, 0) is 21.1 Å². The zero-order valence-corrected chi connectivity index (χ0v) is 16.8. The Labute approximate surface area is 170 Å². The first-order chi connectivity index (χ1) is 14.0. The first-order valence-corrected chi connectivity index (χ1v) is 10.2. The predicted molar refractivity (Wildman–Crippen MR) is 99.3 cm³/mol. The summed E-state index contributed by atoms with van der Waals surface area (Å²) in [4.78, 5) is 16.0. The van der Waals surface area contributed by atoms with Crippen molar-refractivity contribution in [2.24, 2.45) is 0 Å². The Morgan fingerprint density at radius 2 is 2.10 bits per heavy atom. The third-order valence-corrected chi connectivity index (χ3v) is 6.00. The molecule has 1 saturated heterocycles. The minimum Gasteiger partial charge on any atom is -0.431 e. The number of nitrogens with one attached hydrogen (secondary N) is 2. The standard InChI is InChI=1S/C17H19F3N4O5S/c1-10-3-4-11(17(18,19)20)7-13(10)21-16-22-14(9-29-16)15(25)23-30(26,27)24-6-5-12(8-24)28-2/h3-4,7,9,12H,5-6,8H2,1-2H3,(H,21,22)(H,23,25). The highest BCUT2D eigenvalue weighted by Gasteiger charge is 2.33. The fourth-order valence-corrected chi connectivity index (χ4v) is 4.00. The van der Waals surface area contributed by atoms with Gasteiger partial charge in [-0.1, -0.05) is 6.07 Å². The molecule has 1 atom stereocenters. The molecule has 1 aromatic heterocycles. The Balaban J connectivity index is 1.70. The highest BCUT2D eigenvalue weighted by atomic mass is 32.2. The molecule has 30 heavy (non-hydrogen) atoms. The van der Waals surface area contributed by atoms with Gasteiger partial charge in [-0.2, -0.15) is 30.9 Å². The second kappa shape index (κ2) is 8.24. The zero-order valence-electron chi connectivity index (χ0n) is 16.0. The summed E-state index contributed by atoms with van der Waals surface area (Å²) in [6.45, 7) is 1.88. The minimum absolute atomic E-state index is 0.0777. The maximum atomic E-state index is 12.9. The summed E-state index contributed by atoms with van der Waals surface area (Å²) < 4.78 is 76.4. The van der Waals surface area contributed by atoms with Gasteiger partial charge in [0, 0.05) is 25.9 Å². The Morgan fingerprint density at radius 3 is 2.73 bits per heavy atom. The lowest BCUT2D eigenvalue weighted by Crippen LogP contribution is -2.42. The number of aryl methyl sites for hydroxylation is 1. The molecule has 3 rings (SSSR count). The number of alkyl halides is 3. The van der Waals surface area contributed by atoms with Gasteiger partial charge in [0.15, 0.2) is 5.69 Å². The molecule has 0 saturated carbocycles. The third-order valence-electron chi connectivity index (χ3n) is 4.55. The molecule has 9 nitrogen and oxygen atoms in total. The second-order valence-corrected chi connectivity index (χ2v) is 8.30. The van der Waals surface area contributed by atoms with E-state index in [1.807, 2.05) is 4.72 Å². The van der Waals surface area contributed by atoms with Crippen LogP contribution in [0.25, 0.3) is 0 Å². The summed E-state index contributed by atoms with van der Waals surface area (Å²) in [6.07, 6.45) is -3.38. The molecule has 13 heteroatoms. The molecule has 0 bridgehead atoms. The van der Waals surface area contributed by atoms with E-state index in [-0.39, 0.29) is 36.6 Å². The van der Waals surface area contributed by atoms with Gasteiger partial charge in [0.05, 0.1) is 11.7 Å². The number of nitrogens with zero attached hydrogens (tertiary/aromatic N) is 2. The van der Waals surface area contributed by atoms with E-state index in [0.717, 1.165) is 22.7 Å². The molecule has 164 valence electrons.